The highest BCUT2D eigenvalue weighted by Crippen LogP contribution is 2.27. The fraction of sp³-hybridized carbons (Fsp3) is 0.636. The van der Waals surface area contributed by atoms with Crippen LogP contribution in [0.15, 0.2) is 6.33 Å². The van der Waals surface area contributed by atoms with Gasteiger partial charge in [0.15, 0.2) is 0 Å². The first-order valence-electron chi connectivity index (χ1n) is 5.89. The molecule has 1 aromatic rings. The molecule has 0 spiro atoms. The van der Waals surface area contributed by atoms with Crippen LogP contribution in [0.4, 0.5) is 5.69 Å². The minimum atomic E-state index is -0.493. The van der Waals surface area contributed by atoms with Gasteiger partial charge in [0.1, 0.15) is 12.0 Å². The van der Waals surface area contributed by atoms with Gasteiger partial charge in [-0.15, -0.1) is 0 Å². The summed E-state index contributed by atoms with van der Waals surface area (Å²) >= 11 is 0. The average molecular weight is 254 g/mol. The largest absolute Gasteiger partial charge is 0.476 e. The molecule has 1 heterocycles. The van der Waals surface area contributed by atoms with Crippen LogP contribution in [0.2, 0.25) is 0 Å². The number of methoxy groups -OCH3 is 1. The first-order valence-corrected chi connectivity index (χ1v) is 5.89. The van der Waals surface area contributed by atoms with Crippen molar-refractivity contribution in [3.8, 4) is 5.88 Å². The third kappa shape index (κ3) is 3.36. The highest BCUT2D eigenvalue weighted by molar-refractivity contribution is 5.44. The molecular formula is C11H18N4O3. The zero-order valence-electron chi connectivity index (χ0n) is 10.8. The summed E-state index contributed by atoms with van der Waals surface area (Å²) in [5, 5.41) is 14.3. The molecule has 1 rings (SSSR count). The van der Waals surface area contributed by atoms with Crippen LogP contribution in [0.5, 0.6) is 5.88 Å². The maximum Gasteiger partial charge on any atom is 0.352 e. The maximum atomic E-state index is 11.1. The Morgan fingerprint density at radius 3 is 2.72 bits per heavy atom. The zero-order valence-corrected chi connectivity index (χ0v) is 10.8. The second kappa shape index (κ2) is 6.85. The van der Waals surface area contributed by atoms with Gasteiger partial charge in [-0.3, -0.25) is 10.1 Å². The first kappa shape index (κ1) is 14.3. The van der Waals surface area contributed by atoms with Gasteiger partial charge < -0.3 is 10.1 Å². The molecule has 1 atom stereocenters. The predicted octanol–water partition coefficient (Wildman–Crippen LogP) is 1.32. The molecule has 1 N–H and O–H groups in total. The van der Waals surface area contributed by atoms with Crippen LogP contribution >= 0.6 is 0 Å². The van der Waals surface area contributed by atoms with Gasteiger partial charge in [-0.05, 0) is 13.0 Å². The van der Waals surface area contributed by atoms with Crippen molar-refractivity contribution in [1.29, 1.82) is 0 Å². The fourth-order valence-electron chi connectivity index (χ4n) is 1.76. The van der Waals surface area contributed by atoms with E-state index in [0.717, 1.165) is 13.0 Å². The normalized spacial score (nSPS) is 12.2. The van der Waals surface area contributed by atoms with Crippen LogP contribution in [-0.4, -0.2) is 34.6 Å². The van der Waals surface area contributed by atoms with Crippen molar-refractivity contribution in [3.63, 3.8) is 0 Å². The molecule has 18 heavy (non-hydrogen) atoms. The maximum absolute atomic E-state index is 11.1. The lowest BCUT2D eigenvalue weighted by Gasteiger charge is -2.15. The summed E-state index contributed by atoms with van der Waals surface area (Å²) in [6, 6.07) is 0.160. The summed E-state index contributed by atoms with van der Waals surface area (Å²) in [6.45, 7) is 4.84. The van der Waals surface area contributed by atoms with Gasteiger partial charge in [0.25, 0.3) is 5.88 Å². The van der Waals surface area contributed by atoms with Gasteiger partial charge in [-0.2, -0.15) is 4.98 Å². The molecular weight excluding hydrogens is 236 g/mol. The average Bonchev–Trinajstić information content (AvgIpc) is 2.37. The molecule has 0 aliphatic heterocycles. The van der Waals surface area contributed by atoms with E-state index >= 15 is 0 Å². The minimum absolute atomic E-state index is 0.0105. The number of hydrogen-bond acceptors (Lipinski definition) is 6. The van der Waals surface area contributed by atoms with Crippen molar-refractivity contribution in [1.82, 2.24) is 15.3 Å². The number of ether oxygens (including phenoxy) is 1. The number of nitrogens with zero attached hydrogens (tertiary/aromatic N) is 3. The Labute approximate surface area is 106 Å². The van der Waals surface area contributed by atoms with Crippen LogP contribution in [0.1, 0.15) is 26.0 Å². The number of aromatic nitrogens is 2. The van der Waals surface area contributed by atoms with Crippen molar-refractivity contribution >= 4 is 5.69 Å². The SMILES string of the molecule is CCNC(CC)Cc1ncnc(OC)c1[N+](=O)[O-]. The first-order chi connectivity index (χ1) is 8.63. The second-order valence-electron chi connectivity index (χ2n) is 3.80. The standard InChI is InChI=1S/C11H18N4O3/c1-4-8(12-5-2)6-9-10(15(16)17)11(18-3)14-7-13-9/h7-8,12H,4-6H2,1-3H3. The molecule has 1 unspecified atom stereocenters. The summed E-state index contributed by atoms with van der Waals surface area (Å²) in [5.74, 6) is 0.0105. The van der Waals surface area contributed by atoms with E-state index in [2.05, 4.69) is 15.3 Å². The van der Waals surface area contributed by atoms with Crippen LogP contribution in [0, 0.1) is 10.1 Å². The topological polar surface area (TPSA) is 90.2 Å². The van der Waals surface area contributed by atoms with Crippen molar-refractivity contribution in [3.05, 3.63) is 22.1 Å². The van der Waals surface area contributed by atoms with Crippen molar-refractivity contribution in [2.45, 2.75) is 32.7 Å². The molecule has 1 aromatic heterocycles. The van der Waals surface area contributed by atoms with E-state index in [1.165, 1.54) is 13.4 Å². The zero-order chi connectivity index (χ0) is 13.5. The van der Waals surface area contributed by atoms with Crippen LogP contribution in [0.25, 0.3) is 0 Å². The molecule has 0 amide bonds. The van der Waals surface area contributed by atoms with Gasteiger partial charge in [0.05, 0.1) is 12.0 Å². The predicted molar refractivity (Wildman–Crippen MR) is 66.7 cm³/mol. The Hall–Kier alpha value is -1.76. The van der Waals surface area contributed by atoms with E-state index in [4.69, 9.17) is 4.74 Å². The van der Waals surface area contributed by atoms with E-state index in [1.807, 2.05) is 13.8 Å². The van der Waals surface area contributed by atoms with Gasteiger partial charge in [-0.25, -0.2) is 4.98 Å². The van der Waals surface area contributed by atoms with Gasteiger partial charge in [0, 0.05) is 12.5 Å². The summed E-state index contributed by atoms with van der Waals surface area (Å²) < 4.78 is 4.91. The summed E-state index contributed by atoms with van der Waals surface area (Å²) in [6.07, 6.45) is 2.65. The Balaban J connectivity index is 3.03. The quantitative estimate of drug-likeness (QED) is 0.583. The van der Waals surface area contributed by atoms with E-state index in [9.17, 15) is 10.1 Å². The van der Waals surface area contributed by atoms with Gasteiger partial charge in [0.2, 0.25) is 0 Å². The van der Waals surface area contributed by atoms with Crippen LogP contribution < -0.4 is 10.1 Å². The summed E-state index contributed by atoms with van der Waals surface area (Å²) in [4.78, 5) is 18.3. The van der Waals surface area contributed by atoms with E-state index in [-0.39, 0.29) is 17.6 Å². The lowest BCUT2D eigenvalue weighted by molar-refractivity contribution is -0.387. The lowest BCUT2D eigenvalue weighted by Crippen LogP contribution is -2.30. The number of hydrogen-bond donors (Lipinski definition) is 1. The molecule has 0 aliphatic rings. The molecule has 0 saturated heterocycles. The third-order valence-corrected chi connectivity index (χ3v) is 2.67. The van der Waals surface area contributed by atoms with Crippen LogP contribution in [-0.2, 0) is 6.42 Å². The molecule has 0 aliphatic carbocycles. The number of rotatable bonds is 7. The molecule has 0 radical (unpaired) electrons. The highest BCUT2D eigenvalue weighted by Gasteiger charge is 2.25. The number of likely N-dealkylation sites (N-methyl/N-ethyl adjacent to an activating group) is 1. The van der Waals surface area contributed by atoms with E-state index in [1.54, 1.807) is 0 Å². The fourth-order valence-corrected chi connectivity index (χ4v) is 1.76. The number of nitrogens with one attached hydrogen (secondary N) is 1. The molecule has 0 aromatic carbocycles. The summed E-state index contributed by atoms with van der Waals surface area (Å²) in [5.41, 5.74) is 0.260. The molecule has 7 nitrogen and oxygen atoms in total. The third-order valence-electron chi connectivity index (χ3n) is 2.67. The van der Waals surface area contributed by atoms with Crippen molar-refractivity contribution in [2.24, 2.45) is 0 Å². The van der Waals surface area contributed by atoms with Crippen molar-refractivity contribution < 1.29 is 9.66 Å². The smallest absolute Gasteiger partial charge is 0.352 e. The monoisotopic (exact) mass is 254 g/mol. The van der Waals surface area contributed by atoms with Gasteiger partial charge >= 0.3 is 5.69 Å². The molecule has 100 valence electrons. The second-order valence-corrected chi connectivity index (χ2v) is 3.80. The van der Waals surface area contributed by atoms with Crippen molar-refractivity contribution in [2.75, 3.05) is 13.7 Å². The van der Waals surface area contributed by atoms with E-state index in [0.29, 0.717) is 12.1 Å². The molecule has 0 saturated carbocycles. The highest BCUT2D eigenvalue weighted by atomic mass is 16.6. The Kier molecular flexibility index (Phi) is 5.44. The Morgan fingerprint density at radius 2 is 2.22 bits per heavy atom. The lowest BCUT2D eigenvalue weighted by atomic mass is 10.1. The Morgan fingerprint density at radius 1 is 1.50 bits per heavy atom. The number of nitro groups is 1. The van der Waals surface area contributed by atoms with Crippen LogP contribution in [0.3, 0.4) is 0 Å². The molecule has 0 fully saturated rings. The summed E-state index contributed by atoms with van der Waals surface area (Å²) in [7, 11) is 1.36. The molecule has 0 bridgehead atoms. The Bertz CT molecular complexity index is 411. The van der Waals surface area contributed by atoms with E-state index < -0.39 is 4.92 Å². The molecule has 7 heteroatoms. The van der Waals surface area contributed by atoms with Gasteiger partial charge in [-0.1, -0.05) is 13.8 Å². The minimum Gasteiger partial charge on any atom is -0.476 e.